The molecule has 1 aromatic carbocycles. The second-order valence-electron chi connectivity index (χ2n) is 6.48. The minimum Gasteiger partial charge on any atom is -0.508 e. The van der Waals surface area contributed by atoms with Gasteiger partial charge in [-0.15, -0.1) is 0 Å². The molecule has 2 aliphatic heterocycles. The van der Waals surface area contributed by atoms with E-state index in [4.69, 9.17) is 0 Å². The Morgan fingerprint density at radius 2 is 1.91 bits per heavy atom. The number of benzene rings is 1. The normalized spacial score (nSPS) is 24.3. The van der Waals surface area contributed by atoms with Gasteiger partial charge in [0.2, 0.25) is 5.91 Å². The molecule has 3 rings (SSSR count). The first-order valence-electron chi connectivity index (χ1n) is 8.10. The average Bonchev–Trinajstić information content (AvgIpc) is 2.96. The molecule has 2 atom stereocenters. The standard InChI is InChI=1S/C17H23N3O3/c1-19-8-6-12-7-9-20(15(12)11-19)16(22)10-18-17(23)13-2-4-14(21)5-3-13/h2-5,12,15,21H,6-11H2,1H3,(H,18,23)/t12-,15-/m1/s1. The van der Waals surface area contributed by atoms with E-state index in [1.54, 1.807) is 0 Å². The van der Waals surface area contributed by atoms with E-state index >= 15 is 0 Å². The van der Waals surface area contributed by atoms with E-state index in [9.17, 15) is 14.7 Å². The Kier molecular flexibility index (Phi) is 4.52. The van der Waals surface area contributed by atoms with E-state index in [1.165, 1.54) is 24.3 Å². The third kappa shape index (κ3) is 3.47. The lowest BCUT2D eigenvalue weighted by Crippen LogP contribution is -2.50. The highest BCUT2D eigenvalue weighted by Crippen LogP contribution is 2.31. The van der Waals surface area contributed by atoms with E-state index in [0.29, 0.717) is 11.5 Å². The summed E-state index contributed by atoms with van der Waals surface area (Å²) in [5.41, 5.74) is 0.437. The molecule has 0 bridgehead atoms. The van der Waals surface area contributed by atoms with Crippen LogP contribution in [0, 0.1) is 5.92 Å². The molecule has 0 aliphatic carbocycles. The summed E-state index contributed by atoms with van der Waals surface area (Å²) in [5, 5.41) is 11.9. The van der Waals surface area contributed by atoms with Crippen LogP contribution < -0.4 is 5.32 Å². The first-order valence-corrected chi connectivity index (χ1v) is 8.10. The molecule has 124 valence electrons. The molecular weight excluding hydrogens is 294 g/mol. The number of rotatable bonds is 3. The molecule has 0 saturated carbocycles. The van der Waals surface area contributed by atoms with Gasteiger partial charge in [-0.3, -0.25) is 9.59 Å². The zero-order valence-corrected chi connectivity index (χ0v) is 13.4. The Balaban J connectivity index is 1.55. The summed E-state index contributed by atoms with van der Waals surface area (Å²) in [6.07, 6.45) is 2.21. The maximum absolute atomic E-state index is 12.4. The molecule has 0 spiro atoms. The van der Waals surface area contributed by atoms with Gasteiger partial charge in [0.1, 0.15) is 5.75 Å². The van der Waals surface area contributed by atoms with Gasteiger partial charge in [-0.1, -0.05) is 0 Å². The number of nitrogens with one attached hydrogen (secondary N) is 1. The molecule has 2 aliphatic rings. The van der Waals surface area contributed by atoms with Crippen molar-refractivity contribution >= 4 is 11.8 Å². The highest BCUT2D eigenvalue weighted by molar-refractivity contribution is 5.96. The van der Waals surface area contributed by atoms with Crippen LogP contribution in [-0.4, -0.2) is 66.0 Å². The van der Waals surface area contributed by atoms with E-state index in [0.717, 1.165) is 32.5 Å². The summed E-state index contributed by atoms with van der Waals surface area (Å²) in [5.74, 6) is 0.403. The van der Waals surface area contributed by atoms with Crippen LogP contribution in [0.3, 0.4) is 0 Å². The third-order valence-electron chi connectivity index (χ3n) is 4.92. The van der Waals surface area contributed by atoms with Crippen molar-refractivity contribution in [3.63, 3.8) is 0 Å². The van der Waals surface area contributed by atoms with E-state index in [2.05, 4.69) is 17.3 Å². The number of fused-ring (bicyclic) bond motifs is 1. The largest absolute Gasteiger partial charge is 0.508 e. The molecule has 2 N–H and O–H groups in total. The van der Waals surface area contributed by atoms with Gasteiger partial charge in [-0.05, 0) is 56.6 Å². The molecule has 0 unspecified atom stereocenters. The molecule has 6 heteroatoms. The molecule has 1 aromatic rings. The lowest BCUT2D eigenvalue weighted by atomic mass is 9.92. The second kappa shape index (κ2) is 6.58. The van der Waals surface area contributed by atoms with Crippen molar-refractivity contribution < 1.29 is 14.7 Å². The van der Waals surface area contributed by atoms with Gasteiger partial charge in [0.15, 0.2) is 0 Å². The number of carbonyl (C=O) groups is 2. The predicted molar refractivity (Wildman–Crippen MR) is 86.2 cm³/mol. The monoisotopic (exact) mass is 317 g/mol. The van der Waals surface area contributed by atoms with Crippen LogP contribution in [0.1, 0.15) is 23.2 Å². The van der Waals surface area contributed by atoms with Crippen LogP contribution in [-0.2, 0) is 4.79 Å². The summed E-state index contributed by atoms with van der Waals surface area (Å²) in [6, 6.07) is 6.28. The maximum Gasteiger partial charge on any atom is 0.251 e. The van der Waals surface area contributed by atoms with Gasteiger partial charge in [0.25, 0.3) is 5.91 Å². The van der Waals surface area contributed by atoms with Crippen molar-refractivity contribution in [2.45, 2.75) is 18.9 Å². The minimum absolute atomic E-state index is 0.0140. The minimum atomic E-state index is -0.296. The van der Waals surface area contributed by atoms with Crippen molar-refractivity contribution in [1.82, 2.24) is 15.1 Å². The summed E-state index contributed by atoms with van der Waals surface area (Å²) in [4.78, 5) is 28.7. The molecule has 2 amide bonds. The van der Waals surface area contributed by atoms with Crippen molar-refractivity contribution in [3.8, 4) is 5.75 Å². The lowest BCUT2D eigenvalue weighted by molar-refractivity contribution is -0.132. The molecule has 2 saturated heterocycles. The topological polar surface area (TPSA) is 72.9 Å². The van der Waals surface area contributed by atoms with Crippen LogP contribution in [0.25, 0.3) is 0 Å². The van der Waals surface area contributed by atoms with Gasteiger partial charge in [0.05, 0.1) is 6.54 Å². The molecule has 2 heterocycles. The predicted octanol–water partition coefficient (Wildman–Crippen LogP) is 0.675. The fraction of sp³-hybridized carbons (Fsp3) is 0.529. The van der Waals surface area contributed by atoms with Crippen molar-refractivity contribution in [1.29, 1.82) is 0 Å². The van der Waals surface area contributed by atoms with Crippen LogP contribution in [0.5, 0.6) is 5.75 Å². The molecule has 0 aromatic heterocycles. The van der Waals surface area contributed by atoms with Gasteiger partial charge in [0, 0.05) is 24.7 Å². The Bertz CT molecular complexity index is 587. The van der Waals surface area contributed by atoms with Gasteiger partial charge in [-0.2, -0.15) is 0 Å². The number of likely N-dealkylation sites (N-methyl/N-ethyl adjacent to an activating group) is 1. The zero-order chi connectivity index (χ0) is 16.4. The van der Waals surface area contributed by atoms with Crippen molar-refractivity contribution in [2.75, 3.05) is 33.2 Å². The zero-order valence-electron chi connectivity index (χ0n) is 13.4. The summed E-state index contributed by atoms with van der Waals surface area (Å²) in [6.45, 7) is 2.83. The summed E-state index contributed by atoms with van der Waals surface area (Å²) >= 11 is 0. The van der Waals surface area contributed by atoms with Gasteiger partial charge < -0.3 is 20.2 Å². The lowest BCUT2D eigenvalue weighted by Gasteiger charge is -2.36. The van der Waals surface area contributed by atoms with Crippen LogP contribution >= 0.6 is 0 Å². The molecule has 0 radical (unpaired) electrons. The number of phenolic OH excluding ortho intramolecular Hbond substituents is 1. The van der Waals surface area contributed by atoms with Crippen LogP contribution in [0.15, 0.2) is 24.3 Å². The number of phenols is 1. The van der Waals surface area contributed by atoms with Crippen molar-refractivity contribution in [2.24, 2.45) is 5.92 Å². The van der Waals surface area contributed by atoms with E-state index < -0.39 is 0 Å². The number of amides is 2. The number of hydrogen-bond acceptors (Lipinski definition) is 4. The fourth-order valence-corrected chi connectivity index (χ4v) is 3.58. The average molecular weight is 317 g/mol. The number of likely N-dealkylation sites (tertiary alicyclic amines) is 2. The number of nitrogens with zero attached hydrogens (tertiary/aromatic N) is 2. The highest BCUT2D eigenvalue weighted by atomic mass is 16.3. The Hall–Kier alpha value is -2.08. The van der Waals surface area contributed by atoms with E-state index in [-0.39, 0.29) is 30.2 Å². The Labute approximate surface area is 136 Å². The summed E-state index contributed by atoms with van der Waals surface area (Å²) in [7, 11) is 2.09. The highest BCUT2D eigenvalue weighted by Gasteiger charge is 2.39. The number of piperidine rings is 1. The van der Waals surface area contributed by atoms with Crippen molar-refractivity contribution in [3.05, 3.63) is 29.8 Å². The number of hydrogen-bond donors (Lipinski definition) is 2. The second-order valence-corrected chi connectivity index (χ2v) is 6.48. The molecule has 2 fully saturated rings. The fourth-order valence-electron chi connectivity index (χ4n) is 3.58. The smallest absolute Gasteiger partial charge is 0.251 e. The molecular formula is C17H23N3O3. The van der Waals surface area contributed by atoms with Gasteiger partial charge in [-0.25, -0.2) is 0 Å². The Morgan fingerprint density at radius 1 is 1.22 bits per heavy atom. The first kappa shape index (κ1) is 15.8. The van der Waals surface area contributed by atoms with Crippen LogP contribution in [0.4, 0.5) is 0 Å². The first-order chi connectivity index (χ1) is 11.0. The van der Waals surface area contributed by atoms with Gasteiger partial charge >= 0.3 is 0 Å². The van der Waals surface area contributed by atoms with Crippen LogP contribution in [0.2, 0.25) is 0 Å². The molecule has 6 nitrogen and oxygen atoms in total. The Morgan fingerprint density at radius 3 is 2.65 bits per heavy atom. The maximum atomic E-state index is 12.4. The number of aromatic hydroxyl groups is 1. The van der Waals surface area contributed by atoms with E-state index in [1.807, 2.05) is 4.90 Å². The molecule has 23 heavy (non-hydrogen) atoms. The summed E-state index contributed by atoms with van der Waals surface area (Å²) < 4.78 is 0. The third-order valence-corrected chi connectivity index (χ3v) is 4.92. The number of carbonyl (C=O) groups excluding carboxylic acids is 2. The quantitative estimate of drug-likeness (QED) is 0.860. The SMILES string of the molecule is CN1CC[C@@H]2CCN(C(=O)CNC(=O)c3ccc(O)cc3)[C@@H]2C1.